The SMILES string of the molecule is COCc1c(C(=O)N2CCOC(c3nccnc3N)C2)noc1C. The van der Waals surface area contributed by atoms with Crippen molar-refractivity contribution in [2.75, 3.05) is 32.5 Å². The van der Waals surface area contributed by atoms with Gasteiger partial charge in [0.15, 0.2) is 5.69 Å². The largest absolute Gasteiger partial charge is 0.382 e. The Balaban J connectivity index is 1.80. The summed E-state index contributed by atoms with van der Waals surface area (Å²) < 4.78 is 16.0. The highest BCUT2D eigenvalue weighted by Gasteiger charge is 2.31. The Labute approximate surface area is 138 Å². The predicted octanol–water partition coefficient (Wildman–Crippen LogP) is 0.715. The number of hydrogen-bond acceptors (Lipinski definition) is 8. The maximum atomic E-state index is 12.8. The fourth-order valence-corrected chi connectivity index (χ4v) is 2.63. The van der Waals surface area contributed by atoms with E-state index in [2.05, 4.69) is 15.1 Å². The third kappa shape index (κ3) is 3.08. The van der Waals surface area contributed by atoms with Gasteiger partial charge in [0.05, 0.1) is 25.3 Å². The molecule has 3 rings (SSSR count). The Hall–Kier alpha value is -2.52. The first-order valence-corrected chi connectivity index (χ1v) is 7.53. The second-order valence-electron chi connectivity index (χ2n) is 5.44. The van der Waals surface area contributed by atoms with Crippen molar-refractivity contribution in [3.05, 3.63) is 35.1 Å². The zero-order valence-corrected chi connectivity index (χ0v) is 13.6. The summed E-state index contributed by atoms with van der Waals surface area (Å²) in [4.78, 5) is 22.7. The van der Waals surface area contributed by atoms with Crippen LogP contribution < -0.4 is 5.73 Å². The van der Waals surface area contributed by atoms with Gasteiger partial charge in [-0.1, -0.05) is 5.16 Å². The Morgan fingerprint density at radius 1 is 1.46 bits per heavy atom. The van der Waals surface area contributed by atoms with Crippen LogP contribution in [0.15, 0.2) is 16.9 Å². The van der Waals surface area contributed by atoms with Gasteiger partial charge in [0.2, 0.25) is 0 Å². The van der Waals surface area contributed by atoms with Crippen LogP contribution >= 0.6 is 0 Å². The number of carbonyl (C=O) groups excluding carboxylic acids is 1. The number of nitrogens with two attached hydrogens (primary N) is 1. The lowest BCUT2D eigenvalue weighted by Gasteiger charge is -2.32. The Morgan fingerprint density at radius 2 is 2.25 bits per heavy atom. The van der Waals surface area contributed by atoms with E-state index in [0.29, 0.717) is 42.5 Å². The molecule has 128 valence electrons. The quantitative estimate of drug-likeness (QED) is 0.869. The first-order valence-electron chi connectivity index (χ1n) is 7.53. The summed E-state index contributed by atoms with van der Waals surface area (Å²) in [6.45, 7) is 3.17. The van der Waals surface area contributed by atoms with Gasteiger partial charge in [-0.2, -0.15) is 0 Å². The summed E-state index contributed by atoms with van der Waals surface area (Å²) in [5.74, 6) is 0.645. The van der Waals surface area contributed by atoms with Crippen molar-refractivity contribution in [3.8, 4) is 0 Å². The molecule has 1 fully saturated rings. The van der Waals surface area contributed by atoms with Crippen molar-refractivity contribution in [1.82, 2.24) is 20.0 Å². The van der Waals surface area contributed by atoms with Gasteiger partial charge in [-0.05, 0) is 6.92 Å². The minimum absolute atomic E-state index is 0.227. The molecule has 1 saturated heterocycles. The van der Waals surface area contributed by atoms with Gasteiger partial charge in [-0.25, -0.2) is 4.98 Å². The number of carbonyl (C=O) groups is 1. The van der Waals surface area contributed by atoms with E-state index in [-0.39, 0.29) is 18.2 Å². The number of aryl methyl sites for hydroxylation is 1. The smallest absolute Gasteiger partial charge is 0.276 e. The highest BCUT2D eigenvalue weighted by Crippen LogP contribution is 2.25. The molecule has 9 heteroatoms. The first kappa shape index (κ1) is 16.3. The van der Waals surface area contributed by atoms with Gasteiger partial charge in [0.1, 0.15) is 23.4 Å². The summed E-state index contributed by atoms with van der Waals surface area (Å²) in [7, 11) is 1.56. The number of hydrogen-bond donors (Lipinski definition) is 1. The molecule has 1 unspecified atom stereocenters. The van der Waals surface area contributed by atoms with E-state index in [1.807, 2.05) is 0 Å². The van der Waals surface area contributed by atoms with Gasteiger partial charge >= 0.3 is 0 Å². The van der Waals surface area contributed by atoms with E-state index in [4.69, 9.17) is 19.7 Å². The second-order valence-corrected chi connectivity index (χ2v) is 5.44. The molecule has 0 bridgehead atoms. The number of morpholine rings is 1. The monoisotopic (exact) mass is 333 g/mol. The highest BCUT2D eigenvalue weighted by atomic mass is 16.5. The molecule has 0 aliphatic carbocycles. The number of rotatable bonds is 4. The second kappa shape index (κ2) is 6.93. The molecule has 3 heterocycles. The Kier molecular flexibility index (Phi) is 4.72. The van der Waals surface area contributed by atoms with Crippen LogP contribution in [0, 0.1) is 6.92 Å². The Morgan fingerprint density at radius 3 is 3.00 bits per heavy atom. The molecule has 0 radical (unpaired) electrons. The zero-order valence-electron chi connectivity index (χ0n) is 13.6. The van der Waals surface area contributed by atoms with Crippen molar-refractivity contribution in [1.29, 1.82) is 0 Å². The summed E-state index contributed by atoms with van der Waals surface area (Å²) >= 11 is 0. The molecule has 24 heavy (non-hydrogen) atoms. The van der Waals surface area contributed by atoms with Crippen LogP contribution in [0.5, 0.6) is 0 Å². The molecular weight excluding hydrogens is 314 g/mol. The lowest BCUT2D eigenvalue weighted by molar-refractivity contribution is -0.0248. The van der Waals surface area contributed by atoms with Crippen LogP contribution in [0.4, 0.5) is 5.82 Å². The number of ether oxygens (including phenoxy) is 2. The lowest BCUT2D eigenvalue weighted by Crippen LogP contribution is -2.43. The minimum Gasteiger partial charge on any atom is -0.382 e. The van der Waals surface area contributed by atoms with Crippen molar-refractivity contribution >= 4 is 11.7 Å². The van der Waals surface area contributed by atoms with E-state index in [0.717, 1.165) is 0 Å². The summed E-state index contributed by atoms with van der Waals surface area (Å²) in [5, 5.41) is 3.89. The predicted molar refractivity (Wildman–Crippen MR) is 83.0 cm³/mol. The lowest BCUT2D eigenvalue weighted by atomic mass is 10.1. The molecule has 1 atom stereocenters. The van der Waals surface area contributed by atoms with Crippen LogP contribution in [0.3, 0.4) is 0 Å². The van der Waals surface area contributed by atoms with E-state index >= 15 is 0 Å². The normalized spacial score (nSPS) is 17.9. The molecule has 0 spiro atoms. The number of methoxy groups -OCH3 is 1. The number of nitrogen functional groups attached to an aromatic ring is 1. The molecule has 2 N–H and O–H groups in total. The first-order chi connectivity index (χ1) is 11.6. The van der Waals surface area contributed by atoms with Crippen molar-refractivity contribution in [2.45, 2.75) is 19.6 Å². The van der Waals surface area contributed by atoms with Crippen molar-refractivity contribution in [3.63, 3.8) is 0 Å². The molecule has 0 aromatic carbocycles. The van der Waals surface area contributed by atoms with Crippen LogP contribution in [-0.2, 0) is 16.1 Å². The average molecular weight is 333 g/mol. The van der Waals surface area contributed by atoms with Gasteiger partial charge < -0.3 is 24.6 Å². The number of nitrogens with zero attached hydrogens (tertiary/aromatic N) is 4. The van der Waals surface area contributed by atoms with Crippen LogP contribution in [0.1, 0.15) is 33.6 Å². The molecule has 2 aromatic heterocycles. The maximum Gasteiger partial charge on any atom is 0.276 e. The van der Waals surface area contributed by atoms with E-state index in [1.165, 1.54) is 6.20 Å². The van der Waals surface area contributed by atoms with Gasteiger partial charge in [0, 0.05) is 26.0 Å². The topological polar surface area (TPSA) is 117 Å². The van der Waals surface area contributed by atoms with Crippen molar-refractivity contribution in [2.24, 2.45) is 0 Å². The molecular formula is C15H19N5O4. The summed E-state index contributed by atoms with van der Waals surface area (Å²) in [6.07, 6.45) is 2.64. The molecule has 9 nitrogen and oxygen atoms in total. The molecule has 0 saturated carbocycles. The number of amides is 1. The highest BCUT2D eigenvalue weighted by molar-refractivity contribution is 5.93. The number of anilines is 1. The number of aromatic nitrogens is 3. The van der Waals surface area contributed by atoms with E-state index in [9.17, 15) is 4.79 Å². The van der Waals surface area contributed by atoms with Crippen LogP contribution in [0.25, 0.3) is 0 Å². The van der Waals surface area contributed by atoms with Crippen LogP contribution in [0.2, 0.25) is 0 Å². The average Bonchev–Trinajstić information content (AvgIpc) is 2.96. The standard InChI is InChI=1S/C15H19N5O4/c1-9-10(8-22-2)12(19-24-9)15(21)20-5-6-23-11(7-20)13-14(16)18-4-3-17-13/h3-4,11H,5-8H2,1-2H3,(H2,16,18). The molecule has 1 aliphatic heterocycles. The maximum absolute atomic E-state index is 12.8. The van der Waals surface area contributed by atoms with Crippen LogP contribution in [-0.4, -0.2) is 52.7 Å². The zero-order chi connectivity index (χ0) is 17.1. The molecule has 1 aliphatic rings. The summed E-state index contributed by atoms with van der Waals surface area (Å²) in [6, 6.07) is 0. The van der Waals surface area contributed by atoms with Gasteiger partial charge in [0.25, 0.3) is 5.91 Å². The minimum atomic E-state index is -0.421. The Bertz CT molecular complexity index is 732. The fraction of sp³-hybridized carbons (Fsp3) is 0.467. The fourth-order valence-electron chi connectivity index (χ4n) is 2.63. The third-order valence-electron chi connectivity index (χ3n) is 3.89. The third-order valence-corrected chi connectivity index (χ3v) is 3.89. The van der Waals surface area contributed by atoms with E-state index in [1.54, 1.807) is 25.1 Å². The van der Waals surface area contributed by atoms with Gasteiger partial charge in [-0.3, -0.25) is 9.78 Å². The van der Waals surface area contributed by atoms with Crippen molar-refractivity contribution < 1.29 is 18.8 Å². The summed E-state index contributed by atoms with van der Waals surface area (Å²) in [5.41, 5.74) is 7.30. The van der Waals surface area contributed by atoms with Gasteiger partial charge in [-0.15, -0.1) is 0 Å². The van der Waals surface area contributed by atoms with E-state index < -0.39 is 6.10 Å². The molecule has 2 aromatic rings. The molecule has 1 amide bonds.